The van der Waals surface area contributed by atoms with Crippen LogP contribution in [0.15, 0.2) is 42.5 Å². The number of anilines is 1. The highest BCUT2D eigenvalue weighted by atomic mass is 19.3. The van der Waals surface area contributed by atoms with E-state index < -0.39 is 6.61 Å². The Morgan fingerprint density at radius 2 is 1.92 bits per heavy atom. The van der Waals surface area contributed by atoms with Gasteiger partial charge in [-0.25, -0.2) is 0 Å². The molecule has 2 aromatic carbocycles. The highest BCUT2D eigenvalue weighted by molar-refractivity contribution is 6.05. The smallest absolute Gasteiger partial charge is 0.387 e. The summed E-state index contributed by atoms with van der Waals surface area (Å²) in [5, 5.41) is 8.13. The van der Waals surface area contributed by atoms with Gasteiger partial charge in [-0.05, 0) is 49.4 Å². The Balaban J connectivity index is 1.78. The molecule has 7 heteroatoms. The molecule has 0 radical (unpaired) electrons. The van der Waals surface area contributed by atoms with Crippen molar-refractivity contribution < 1.29 is 18.3 Å². The van der Waals surface area contributed by atoms with Crippen molar-refractivity contribution in [1.82, 2.24) is 9.78 Å². The Labute approximate surface area is 136 Å². The van der Waals surface area contributed by atoms with Crippen molar-refractivity contribution in [3.8, 4) is 5.75 Å². The summed E-state index contributed by atoms with van der Waals surface area (Å²) in [7, 11) is 1.84. The first kappa shape index (κ1) is 15.9. The molecule has 1 N–H and O–H groups in total. The lowest BCUT2D eigenvalue weighted by Gasteiger charge is -2.07. The highest BCUT2D eigenvalue weighted by Crippen LogP contribution is 2.22. The lowest BCUT2D eigenvalue weighted by atomic mass is 10.1. The van der Waals surface area contributed by atoms with E-state index in [4.69, 9.17) is 0 Å². The summed E-state index contributed by atoms with van der Waals surface area (Å²) in [5.74, 6) is -0.329. The molecule has 0 saturated heterocycles. The van der Waals surface area contributed by atoms with E-state index in [1.807, 2.05) is 26.1 Å². The molecule has 24 heavy (non-hydrogen) atoms. The van der Waals surface area contributed by atoms with Gasteiger partial charge in [-0.2, -0.15) is 13.9 Å². The molecule has 0 spiro atoms. The third-order valence-electron chi connectivity index (χ3n) is 3.64. The van der Waals surface area contributed by atoms with Gasteiger partial charge < -0.3 is 10.1 Å². The number of aryl methyl sites for hydroxylation is 2. The molecule has 0 aliphatic heterocycles. The molecule has 0 fully saturated rings. The van der Waals surface area contributed by atoms with E-state index >= 15 is 0 Å². The van der Waals surface area contributed by atoms with Crippen molar-refractivity contribution in [3.05, 3.63) is 53.7 Å². The van der Waals surface area contributed by atoms with Crippen LogP contribution in [0.25, 0.3) is 10.9 Å². The van der Waals surface area contributed by atoms with Crippen LogP contribution < -0.4 is 10.1 Å². The van der Waals surface area contributed by atoms with Crippen LogP contribution in [0.2, 0.25) is 0 Å². The van der Waals surface area contributed by atoms with Gasteiger partial charge in [0, 0.05) is 23.7 Å². The van der Waals surface area contributed by atoms with Gasteiger partial charge in [0.05, 0.1) is 11.2 Å². The van der Waals surface area contributed by atoms with Crippen LogP contribution in [0.5, 0.6) is 5.75 Å². The van der Waals surface area contributed by atoms with Crippen LogP contribution in [0, 0.1) is 6.92 Å². The number of aromatic nitrogens is 2. The van der Waals surface area contributed by atoms with Gasteiger partial charge in [0.2, 0.25) is 0 Å². The maximum Gasteiger partial charge on any atom is 0.387 e. The van der Waals surface area contributed by atoms with Gasteiger partial charge in [0.1, 0.15) is 5.75 Å². The molecular weight excluding hydrogens is 316 g/mol. The second kappa shape index (κ2) is 6.27. The van der Waals surface area contributed by atoms with Crippen molar-refractivity contribution >= 4 is 22.5 Å². The van der Waals surface area contributed by atoms with Crippen LogP contribution in [-0.2, 0) is 7.05 Å². The van der Waals surface area contributed by atoms with Gasteiger partial charge in [0.15, 0.2) is 0 Å². The second-order valence-electron chi connectivity index (χ2n) is 5.30. The summed E-state index contributed by atoms with van der Waals surface area (Å²) in [6, 6.07) is 11.0. The maximum atomic E-state index is 12.3. The van der Waals surface area contributed by atoms with E-state index in [1.54, 1.807) is 10.7 Å². The SMILES string of the molecule is Cc1nn(C)c2cc(NC(=O)c3ccc(OC(F)F)cc3)ccc12. The molecule has 5 nitrogen and oxygen atoms in total. The quantitative estimate of drug-likeness (QED) is 0.792. The van der Waals surface area contributed by atoms with Gasteiger partial charge in [0.25, 0.3) is 5.91 Å². The number of hydrogen-bond acceptors (Lipinski definition) is 3. The van der Waals surface area contributed by atoms with Crippen molar-refractivity contribution in [2.75, 3.05) is 5.32 Å². The molecule has 0 unspecified atom stereocenters. The number of halogens is 2. The molecular formula is C17H15F2N3O2. The molecule has 0 aliphatic rings. The van der Waals surface area contributed by atoms with Crippen molar-refractivity contribution in [2.45, 2.75) is 13.5 Å². The number of ether oxygens (including phenoxy) is 1. The average Bonchev–Trinajstić information content (AvgIpc) is 2.82. The zero-order chi connectivity index (χ0) is 17.3. The van der Waals surface area contributed by atoms with Crippen LogP contribution in [0.1, 0.15) is 16.1 Å². The molecule has 124 valence electrons. The Bertz CT molecular complexity index is 889. The van der Waals surface area contributed by atoms with Crippen LogP contribution in [-0.4, -0.2) is 22.3 Å². The highest BCUT2D eigenvalue weighted by Gasteiger charge is 2.10. The second-order valence-corrected chi connectivity index (χ2v) is 5.30. The summed E-state index contributed by atoms with van der Waals surface area (Å²) >= 11 is 0. The third kappa shape index (κ3) is 3.19. The fourth-order valence-electron chi connectivity index (χ4n) is 2.51. The van der Waals surface area contributed by atoms with Gasteiger partial charge >= 0.3 is 6.61 Å². The topological polar surface area (TPSA) is 56.2 Å². The zero-order valence-electron chi connectivity index (χ0n) is 13.1. The fraction of sp³-hybridized carbons (Fsp3) is 0.176. The van der Waals surface area contributed by atoms with E-state index in [2.05, 4.69) is 15.2 Å². The summed E-state index contributed by atoms with van der Waals surface area (Å²) in [6.07, 6.45) is 0. The number of benzene rings is 2. The fourth-order valence-corrected chi connectivity index (χ4v) is 2.51. The standard InChI is InChI=1S/C17H15F2N3O2/c1-10-14-8-5-12(9-15(14)22(2)21-10)20-16(23)11-3-6-13(7-4-11)24-17(18)19/h3-9,17H,1-2H3,(H,20,23). The van der Waals surface area contributed by atoms with E-state index in [1.165, 1.54) is 24.3 Å². The first-order chi connectivity index (χ1) is 11.4. The van der Waals surface area contributed by atoms with Gasteiger partial charge in [-0.1, -0.05) is 0 Å². The van der Waals surface area contributed by atoms with Crippen LogP contribution >= 0.6 is 0 Å². The predicted octanol–water partition coefficient (Wildman–Crippen LogP) is 3.74. The number of hydrogen-bond donors (Lipinski definition) is 1. The van der Waals surface area contributed by atoms with E-state index in [0.29, 0.717) is 11.3 Å². The van der Waals surface area contributed by atoms with E-state index in [0.717, 1.165) is 16.6 Å². The Hall–Kier alpha value is -2.96. The summed E-state index contributed by atoms with van der Waals surface area (Å²) in [5.41, 5.74) is 2.80. The number of carbonyl (C=O) groups is 1. The van der Waals surface area contributed by atoms with Crippen molar-refractivity contribution in [3.63, 3.8) is 0 Å². The minimum atomic E-state index is -2.89. The average molecular weight is 331 g/mol. The minimum Gasteiger partial charge on any atom is -0.435 e. The number of rotatable bonds is 4. The molecule has 3 rings (SSSR count). The molecule has 0 aliphatic carbocycles. The molecule has 0 saturated carbocycles. The van der Waals surface area contributed by atoms with Crippen LogP contribution in [0.3, 0.4) is 0 Å². The third-order valence-corrected chi connectivity index (χ3v) is 3.64. The molecule has 1 amide bonds. The largest absolute Gasteiger partial charge is 0.435 e. The Kier molecular flexibility index (Phi) is 4.16. The minimum absolute atomic E-state index is 0.00771. The Morgan fingerprint density at radius 1 is 1.21 bits per heavy atom. The number of amides is 1. The number of fused-ring (bicyclic) bond motifs is 1. The number of nitrogens with one attached hydrogen (secondary N) is 1. The van der Waals surface area contributed by atoms with Crippen molar-refractivity contribution in [1.29, 1.82) is 0 Å². The summed E-state index contributed by atoms with van der Waals surface area (Å²) in [6.45, 7) is -0.970. The zero-order valence-corrected chi connectivity index (χ0v) is 13.1. The maximum absolute atomic E-state index is 12.3. The Morgan fingerprint density at radius 3 is 2.58 bits per heavy atom. The monoisotopic (exact) mass is 331 g/mol. The van der Waals surface area contributed by atoms with Crippen molar-refractivity contribution in [2.24, 2.45) is 7.05 Å². The van der Waals surface area contributed by atoms with Gasteiger partial charge in [-0.3, -0.25) is 9.48 Å². The lowest BCUT2D eigenvalue weighted by Crippen LogP contribution is -2.12. The normalized spacial score (nSPS) is 11.0. The molecule has 1 aromatic heterocycles. The van der Waals surface area contributed by atoms with Gasteiger partial charge in [-0.15, -0.1) is 0 Å². The van der Waals surface area contributed by atoms with E-state index in [9.17, 15) is 13.6 Å². The predicted molar refractivity (Wildman–Crippen MR) is 86.5 cm³/mol. The van der Waals surface area contributed by atoms with Crippen LogP contribution in [0.4, 0.5) is 14.5 Å². The summed E-state index contributed by atoms with van der Waals surface area (Å²) in [4.78, 5) is 12.3. The summed E-state index contributed by atoms with van der Waals surface area (Å²) < 4.78 is 30.2. The molecule has 1 heterocycles. The molecule has 0 atom stereocenters. The van der Waals surface area contributed by atoms with E-state index in [-0.39, 0.29) is 11.7 Å². The molecule has 3 aromatic rings. The molecule has 0 bridgehead atoms. The lowest BCUT2D eigenvalue weighted by molar-refractivity contribution is -0.0498. The number of alkyl halides is 2. The first-order valence-electron chi connectivity index (χ1n) is 7.23. The number of carbonyl (C=O) groups excluding carboxylic acids is 1. The first-order valence-corrected chi connectivity index (χ1v) is 7.23. The number of nitrogens with zero attached hydrogens (tertiary/aromatic N) is 2.